The van der Waals surface area contributed by atoms with Crippen LogP contribution >= 0.6 is 0 Å². The number of nitro groups is 1. The highest BCUT2D eigenvalue weighted by molar-refractivity contribution is 7.89. The van der Waals surface area contributed by atoms with Crippen LogP contribution in [0.1, 0.15) is 31.2 Å². The molecule has 0 saturated heterocycles. The average Bonchev–Trinajstić information content (AvgIpc) is 3.13. The van der Waals surface area contributed by atoms with Crippen molar-refractivity contribution in [1.29, 1.82) is 0 Å². The lowest BCUT2D eigenvalue weighted by atomic mass is 10.2. The number of aryl methyl sites for hydroxylation is 1. The van der Waals surface area contributed by atoms with E-state index in [9.17, 15) is 18.5 Å². The van der Waals surface area contributed by atoms with E-state index in [0.717, 1.165) is 37.6 Å². The van der Waals surface area contributed by atoms with Gasteiger partial charge in [-0.3, -0.25) is 15.5 Å². The molecule has 1 aromatic heterocycles. The molecule has 1 saturated carbocycles. The summed E-state index contributed by atoms with van der Waals surface area (Å²) in [6.07, 6.45) is 5.07. The fourth-order valence-corrected chi connectivity index (χ4v) is 3.75. The lowest BCUT2D eigenvalue weighted by Gasteiger charge is -2.14. The molecule has 0 amide bonds. The van der Waals surface area contributed by atoms with E-state index in [4.69, 9.17) is 0 Å². The third-order valence-electron chi connectivity index (χ3n) is 4.34. The second-order valence-electron chi connectivity index (χ2n) is 6.35. The number of hydrogen-bond acceptors (Lipinski definition) is 8. The molecular weight excluding hydrogens is 372 g/mol. The van der Waals surface area contributed by atoms with Crippen LogP contribution in [0.2, 0.25) is 0 Å². The largest absolute Gasteiger partial charge is 0.361 e. The fourth-order valence-electron chi connectivity index (χ4n) is 2.90. The van der Waals surface area contributed by atoms with Crippen LogP contribution in [0.4, 0.5) is 17.3 Å². The number of hydrazine groups is 1. The quantitative estimate of drug-likeness (QED) is 0.482. The summed E-state index contributed by atoms with van der Waals surface area (Å²) in [6.45, 7) is 1.84. The van der Waals surface area contributed by atoms with Gasteiger partial charge < -0.3 is 5.32 Å². The molecule has 3 rings (SSSR count). The first kappa shape index (κ1) is 19.0. The van der Waals surface area contributed by atoms with Gasteiger partial charge in [0.2, 0.25) is 11.6 Å². The van der Waals surface area contributed by atoms with Gasteiger partial charge in [0.05, 0.1) is 9.82 Å². The summed E-state index contributed by atoms with van der Waals surface area (Å²) in [6, 6.07) is 6.31. The third-order valence-corrected chi connectivity index (χ3v) is 5.60. The standard InChI is InChI=1S/C16H20N6O4S/c1-11-6-8-13(9-7-11)27(25,26)21-20-16-14(22(23)24)15(17-10-18-16)19-12-4-2-3-5-12/h6-10,12,21H,2-5H2,1H3,(H2,17,18,19,20). The summed E-state index contributed by atoms with van der Waals surface area (Å²) in [5.41, 5.74) is 2.85. The van der Waals surface area contributed by atoms with Gasteiger partial charge in [0, 0.05) is 6.04 Å². The zero-order valence-corrected chi connectivity index (χ0v) is 15.5. The van der Waals surface area contributed by atoms with Crippen molar-refractivity contribution in [3.8, 4) is 0 Å². The number of nitrogens with zero attached hydrogens (tertiary/aromatic N) is 3. The average molecular weight is 392 g/mol. The van der Waals surface area contributed by atoms with Crippen molar-refractivity contribution in [1.82, 2.24) is 14.8 Å². The van der Waals surface area contributed by atoms with Crippen LogP contribution in [0.15, 0.2) is 35.5 Å². The van der Waals surface area contributed by atoms with Gasteiger partial charge in [-0.15, -0.1) is 4.83 Å². The molecule has 1 aromatic carbocycles. The summed E-state index contributed by atoms with van der Waals surface area (Å²) < 4.78 is 24.7. The van der Waals surface area contributed by atoms with E-state index in [1.807, 2.05) is 6.92 Å². The van der Waals surface area contributed by atoms with E-state index < -0.39 is 20.6 Å². The molecule has 2 aromatic rings. The number of sulfonamides is 1. The third kappa shape index (κ3) is 4.49. The minimum atomic E-state index is -3.92. The van der Waals surface area contributed by atoms with E-state index in [2.05, 4.69) is 25.5 Å². The second-order valence-corrected chi connectivity index (χ2v) is 8.03. The van der Waals surface area contributed by atoms with Crippen LogP contribution in [0.25, 0.3) is 0 Å². The van der Waals surface area contributed by atoms with E-state index >= 15 is 0 Å². The topological polar surface area (TPSA) is 139 Å². The van der Waals surface area contributed by atoms with Crippen LogP contribution in [-0.2, 0) is 10.0 Å². The highest BCUT2D eigenvalue weighted by Crippen LogP contribution is 2.31. The molecule has 0 radical (unpaired) electrons. The smallest absolute Gasteiger partial charge is 0.354 e. The molecule has 1 aliphatic carbocycles. The predicted octanol–water partition coefficient (Wildman–Crippen LogP) is 2.35. The molecule has 1 fully saturated rings. The molecule has 144 valence electrons. The Bertz CT molecular complexity index is 926. The summed E-state index contributed by atoms with van der Waals surface area (Å²) in [5, 5.41) is 14.6. The lowest BCUT2D eigenvalue weighted by Crippen LogP contribution is -2.30. The van der Waals surface area contributed by atoms with Gasteiger partial charge in [0.25, 0.3) is 10.0 Å². The number of rotatable bonds is 7. The first-order chi connectivity index (χ1) is 12.9. The Kier molecular flexibility index (Phi) is 5.51. The van der Waals surface area contributed by atoms with Crippen molar-refractivity contribution in [2.45, 2.75) is 43.5 Å². The van der Waals surface area contributed by atoms with Gasteiger partial charge in [0.1, 0.15) is 6.33 Å². The van der Waals surface area contributed by atoms with E-state index in [1.54, 1.807) is 12.1 Å². The van der Waals surface area contributed by atoms with Crippen molar-refractivity contribution >= 4 is 27.3 Å². The molecule has 27 heavy (non-hydrogen) atoms. The Labute approximate surface area is 156 Å². The van der Waals surface area contributed by atoms with E-state index in [-0.39, 0.29) is 22.6 Å². The molecule has 1 heterocycles. The molecule has 0 unspecified atom stereocenters. The zero-order chi connectivity index (χ0) is 19.4. The molecule has 11 heteroatoms. The van der Waals surface area contributed by atoms with E-state index in [1.165, 1.54) is 12.1 Å². The number of nitrogens with one attached hydrogen (secondary N) is 3. The number of aromatic nitrogens is 2. The lowest BCUT2D eigenvalue weighted by molar-refractivity contribution is -0.383. The van der Waals surface area contributed by atoms with Gasteiger partial charge >= 0.3 is 5.69 Å². The zero-order valence-electron chi connectivity index (χ0n) is 14.7. The van der Waals surface area contributed by atoms with Crippen molar-refractivity contribution < 1.29 is 13.3 Å². The van der Waals surface area contributed by atoms with Crippen LogP contribution in [0.5, 0.6) is 0 Å². The summed E-state index contributed by atoms with van der Waals surface area (Å²) in [4.78, 5) is 20.8. The molecule has 0 atom stereocenters. The number of hydrogen-bond donors (Lipinski definition) is 3. The SMILES string of the molecule is Cc1ccc(S(=O)(=O)NNc2ncnc(NC3CCCC3)c2[N+](=O)[O-])cc1. The van der Waals surface area contributed by atoms with Gasteiger partial charge in [-0.1, -0.05) is 30.5 Å². The Morgan fingerprint density at radius 2 is 1.74 bits per heavy atom. The van der Waals surface area contributed by atoms with Gasteiger partial charge in [-0.25, -0.2) is 18.4 Å². The summed E-state index contributed by atoms with van der Waals surface area (Å²) in [7, 11) is -3.92. The Hall–Kier alpha value is -2.79. The second kappa shape index (κ2) is 7.84. The monoisotopic (exact) mass is 392 g/mol. The van der Waals surface area contributed by atoms with Crippen LogP contribution in [0, 0.1) is 17.0 Å². The van der Waals surface area contributed by atoms with E-state index in [0.29, 0.717) is 0 Å². The van der Waals surface area contributed by atoms with Gasteiger partial charge in [0.15, 0.2) is 0 Å². The Morgan fingerprint density at radius 1 is 1.11 bits per heavy atom. The fraction of sp³-hybridized carbons (Fsp3) is 0.375. The molecule has 0 bridgehead atoms. The molecule has 3 N–H and O–H groups in total. The minimum absolute atomic E-state index is 0.0293. The highest BCUT2D eigenvalue weighted by atomic mass is 32.2. The molecule has 0 aliphatic heterocycles. The van der Waals surface area contributed by atoms with Crippen LogP contribution < -0.4 is 15.6 Å². The maximum atomic E-state index is 12.4. The number of anilines is 2. The van der Waals surface area contributed by atoms with Crippen molar-refractivity contribution in [3.05, 3.63) is 46.3 Å². The predicted molar refractivity (Wildman–Crippen MR) is 99.7 cm³/mol. The Balaban J connectivity index is 1.81. The minimum Gasteiger partial charge on any atom is -0.361 e. The Morgan fingerprint density at radius 3 is 2.37 bits per heavy atom. The maximum absolute atomic E-state index is 12.4. The summed E-state index contributed by atoms with van der Waals surface area (Å²) in [5.74, 6) is -0.162. The molecule has 1 aliphatic rings. The first-order valence-corrected chi connectivity index (χ1v) is 9.95. The van der Waals surface area contributed by atoms with Crippen molar-refractivity contribution in [3.63, 3.8) is 0 Å². The molecular formula is C16H20N6O4S. The van der Waals surface area contributed by atoms with Crippen molar-refractivity contribution in [2.24, 2.45) is 0 Å². The highest BCUT2D eigenvalue weighted by Gasteiger charge is 2.27. The van der Waals surface area contributed by atoms with Gasteiger partial charge in [-0.05, 0) is 31.9 Å². The number of benzene rings is 1. The molecule has 10 nitrogen and oxygen atoms in total. The maximum Gasteiger partial charge on any atom is 0.354 e. The molecule has 0 spiro atoms. The van der Waals surface area contributed by atoms with Crippen LogP contribution in [-0.4, -0.2) is 29.4 Å². The van der Waals surface area contributed by atoms with Gasteiger partial charge in [-0.2, -0.15) is 0 Å². The first-order valence-electron chi connectivity index (χ1n) is 8.47. The normalized spacial score (nSPS) is 14.9. The van der Waals surface area contributed by atoms with Crippen LogP contribution in [0.3, 0.4) is 0 Å². The van der Waals surface area contributed by atoms with Crippen molar-refractivity contribution in [2.75, 3.05) is 10.7 Å². The summed E-state index contributed by atoms with van der Waals surface area (Å²) >= 11 is 0.